The van der Waals surface area contributed by atoms with Crippen molar-refractivity contribution in [2.24, 2.45) is 0 Å². The van der Waals surface area contributed by atoms with Crippen LogP contribution in [0.25, 0.3) is 0 Å². The normalized spacial score (nSPS) is 10.6. The molecule has 6 heteroatoms. The molecule has 132 valence electrons. The highest BCUT2D eigenvalue weighted by molar-refractivity contribution is 6.33. The van der Waals surface area contributed by atoms with Gasteiger partial charge in [0.15, 0.2) is 5.78 Å². The third-order valence-electron chi connectivity index (χ3n) is 3.69. The highest BCUT2D eigenvalue weighted by Crippen LogP contribution is 2.22. The molecule has 1 N–H and O–H groups in total. The van der Waals surface area contributed by atoms with Crippen LogP contribution in [0.2, 0.25) is 5.02 Å². The lowest BCUT2D eigenvalue weighted by Crippen LogP contribution is -2.30. The Bertz CT molecular complexity index is 777. The summed E-state index contributed by atoms with van der Waals surface area (Å²) in [5, 5.41) is 3.28. The summed E-state index contributed by atoms with van der Waals surface area (Å²) < 4.78 is 5.34. The largest absolute Gasteiger partial charge is 0.496 e. The summed E-state index contributed by atoms with van der Waals surface area (Å²) >= 11 is 6.04. The van der Waals surface area contributed by atoms with Gasteiger partial charge in [0.1, 0.15) is 5.75 Å². The lowest BCUT2D eigenvalue weighted by Gasteiger charge is -2.19. The van der Waals surface area contributed by atoms with E-state index in [0.717, 1.165) is 5.56 Å². The van der Waals surface area contributed by atoms with E-state index in [1.54, 1.807) is 43.5 Å². The number of nitrogens with zero attached hydrogens (tertiary/aromatic N) is 1. The number of rotatable bonds is 7. The smallest absolute Gasteiger partial charge is 0.238 e. The molecular weight excluding hydrogens is 340 g/mol. The Morgan fingerprint density at radius 1 is 1.20 bits per heavy atom. The Balaban J connectivity index is 2.03. The van der Waals surface area contributed by atoms with Crippen LogP contribution in [0.15, 0.2) is 42.5 Å². The first-order valence-electron chi connectivity index (χ1n) is 7.81. The quantitative estimate of drug-likeness (QED) is 0.766. The lowest BCUT2D eigenvalue weighted by atomic mass is 10.1. The number of methoxy groups -OCH3 is 1. The van der Waals surface area contributed by atoms with E-state index >= 15 is 0 Å². The zero-order valence-corrected chi connectivity index (χ0v) is 15.3. The number of ether oxygens (including phenoxy) is 1. The van der Waals surface area contributed by atoms with Crippen LogP contribution in [-0.2, 0) is 11.3 Å². The highest BCUT2D eigenvalue weighted by atomic mass is 35.5. The monoisotopic (exact) mass is 360 g/mol. The number of amides is 1. The van der Waals surface area contributed by atoms with Crippen LogP contribution < -0.4 is 10.1 Å². The van der Waals surface area contributed by atoms with Gasteiger partial charge < -0.3 is 10.1 Å². The van der Waals surface area contributed by atoms with E-state index in [0.29, 0.717) is 28.6 Å². The van der Waals surface area contributed by atoms with Crippen molar-refractivity contribution in [2.45, 2.75) is 13.5 Å². The number of hydrogen-bond acceptors (Lipinski definition) is 4. The number of likely N-dealkylation sites (N-methyl/N-ethyl adjacent to an activating group) is 1. The van der Waals surface area contributed by atoms with E-state index < -0.39 is 0 Å². The van der Waals surface area contributed by atoms with Crippen LogP contribution in [0.3, 0.4) is 0 Å². The molecule has 0 atom stereocenters. The van der Waals surface area contributed by atoms with E-state index in [1.165, 1.54) is 6.92 Å². The van der Waals surface area contributed by atoms with Crippen molar-refractivity contribution in [3.8, 4) is 5.75 Å². The van der Waals surface area contributed by atoms with Crippen molar-refractivity contribution in [1.29, 1.82) is 0 Å². The van der Waals surface area contributed by atoms with Crippen molar-refractivity contribution in [3.63, 3.8) is 0 Å². The van der Waals surface area contributed by atoms with Crippen LogP contribution in [0.5, 0.6) is 5.75 Å². The van der Waals surface area contributed by atoms with Gasteiger partial charge in [-0.25, -0.2) is 0 Å². The zero-order chi connectivity index (χ0) is 18.4. The predicted molar refractivity (Wildman–Crippen MR) is 99.4 cm³/mol. The SMILES string of the molecule is COc1ccc(C(C)=O)cc1CN(C)CC(=O)Nc1ccccc1Cl. The van der Waals surface area contributed by atoms with Crippen molar-refractivity contribution >= 4 is 29.0 Å². The minimum absolute atomic E-state index is 0.0111. The molecule has 0 aliphatic carbocycles. The first-order valence-corrected chi connectivity index (χ1v) is 8.19. The van der Waals surface area contributed by atoms with Crippen molar-refractivity contribution in [2.75, 3.05) is 26.0 Å². The molecule has 2 aromatic carbocycles. The Labute approximate surface area is 152 Å². The molecule has 0 saturated heterocycles. The summed E-state index contributed by atoms with van der Waals surface area (Å²) in [4.78, 5) is 25.6. The molecule has 1 amide bonds. The zero-order valence-electron chi connectivity index (χ0n) is 14.5. The number of carbonyl (C=O) groups excluding carboxylic acids is 2. The number of anilines is 1. The molecule has 2 aromatic rings. The van der Waals surface area contributed by atoms with Crippen molar-refractivity contribution in [1.82, 2.24) is 4.90 Å². The second kappa shape index (κ2) is 8.65. The number of hydrogen-bond donors (Lipinski definition) is 1. The Morgan fingerprint density at radius 2 is 1.92 bits per heavy atom. The molecule has 2 rings (SSSR count). The van der Waals surface area contributed by atoms with Gasteiger partial charge in [-0.3, -0.25) is 14.5 Å². The summed E-state index contributed by atoms with van der Waals surface area (Å²) in [6.07, 6.45) is 0. The Hall–Kier alpha value is -2.37. The van der Waals surface area contributed by atoms with E-state index in [4.69, 9.17) is 16.3 Å². The minimum atomic E-state index is -0.169. The van der Waals surface area contributed by atoms with Crippen LogP contribution in [0.4, 0.5) is 5.69 Å². The molecule has 0 fully saturated rings. The minimum Gasteiger partial charge on any atom is -0.496 e. The maximum atomic E-state index is 12.2. The van der Waals surface area contributed by atoms with Crippen LogP contribution in [0.1, 0.15) is 22.8 Å². The van der Waals surface area contributed by atoms with Gasteiger partial charge in [0.2, 0.25) is 5.91 Å². The van der Waals surface area contributed by atoms with Crippen LogP contribution in [0, 0.1) is 0 Å². The first-order chi connectivity index (χ1) is 11.9. The summed E-state index contributed by atoms with van der Waals surface area (Å²) in [5.74, 6) is 0.503. The second-order valence-corrected chi connectivity index (χ2v) is 6.19. The van der Waals surface area contributed by atoms with Gasteiger partial charge >= 0.3 is 0 Å². The fraction of sp³-hybridized carbons (Fsp3) is 0.263. The molecule has 0 aliphatic heterocycles. The van der Waals surface area contributed by atoms with Crippen molar-refractivity contribution < 1.29 is 14.3 Å². The van der Waals surface area contributed by atoms with Crippen LogP contribution in [-0.4, -0.2) is 37.3 Å². The Morgan fingerprint density at radius 3 is 2.56 bits per heavy atom. The maximum absolute atomic E-state index is 12.2. The second-order valence-electron chi connectivity index (χ2n) is 5.78. The van der Waals surface area contributed by atoms with Gasteiger partial charge in [-0.15, -0.1) is 0 Å². The molecule has 0 aliphatic rings. The topological polar surface area (TPSA) is 58.6 Å². The standard InChI is InChI=1S/C19H21ClN2O3/c1-13(23)14-8-9-18(25-3)15(10-14)11-22(2)12-19(24)21-17-7-5-4-6-16(17)20/h4-10H,11-12H2,1-3H3,(H,21,24). The molecule has 0 radical (unpaired) electrons. The molecule has 0 bridgehead atoms. The van der Waals surface area contributed by atoms with E-state index in [-0.39, 0.29) is 18.2 Å². The number of ketones is 1. The molecule has 0 saturated carbocycles. The van der Waals surface area contributed by atoms with Gasteiger partial charge in [0, 0.05) is 17.7 Å². The number of para-hydroxylation sites is 1. The van der Waals surface area contributed by atoms with Gasteiger partial charge in [-0.05, 0) is 44.3 Å². The molecule has 0 aromatic heterocycles. The van der Waals surface area contributed by atoms with E-state index in [1.807, 2.05) is 18.0 Å². The van der Waals surface area contributed by atoms with E-state index in [2.05, 4.69) is 5.32 Å². The number of carbonyl (C=O) groups is 2. The highest BCUT2D eigenvalue weighted by Gasteiger charge is 2.13. The number of benzene rings is 2. The third-order valence-corrected chi connectivity index (χ3v) is 4.02. The molecule has 0 unspecified atom stereocenters. The van der Waals surface area contributed by atoms with Crippen LogP contribution >= 0.6 is 11.6 Å². The van der Waals surface area contributed by atoms with E-state index in [9.17, 15) is 9.59 Å². The fourth-order valence-electron chi connectivity index (χ4n) is 2.47. The lowest BCUT2D eigenvalue weighted by molar-refractivity contribution is -0.117. The number of nitrogens with one attached hydrogen (secondary N) is 1. The average Bonchev–Trinajstić information content (AvgIpc) is 2.56. The Kier molecular flexibility index (Phi) is 6.56. The summed E-state index contributed by atoms with van der Waals surface area (Å²) in [7, 11) is 3.41. The average molecular weight is 361 g/mol. The number of Topliss-reactive ketones (excluding diaryl/α,β-unsaturated/α-hetero) is 1. The summed E-state index contributed by atoms with van der Waals surface area (Å²) in [5.41, 5.74) is 2.05. The van der Waals surface area contributed by atoms with Gasteiger partial charge in [0.05, 0.1) is 24.4 Å². The van der Waals surface area contributed by atoms with Crippen molar-refractivity contribution in [3.05, 3.63) is 58.6 Å². The number of halogens is 1. The first kappa shape index (κ1) is 19.0. The molecule has 0 spiro atoms. The molecule has 5 nitrogen and oxygen atoms in total. The summed E-state index contributed by atoms with van der Waals surface area (Å²) in [6.45, 7) is 2.17. The summed E-state index contributed by atoms with van der Waals surface area (Å²) in [6, 6.07) is 12.4. The van der Waals surface area contributed by atoms with Gasteiger partial charge in [0.25, 0.3) is 0 Å². The molecule has 0 heterocycles. The predicted octanol–water partition coefficient (Wildman–Crippen LogP) is 3.62. The molecular formula is C19H21ClN2O3. The van der Waals surface area contributed by atoms with Gasteiger partial charge in [-0.2, -0.15) is 0 Å². The maximum Gasteiger partial charge on any atom is 0.238 e. The van der Waals surface area contributed by atoms with Gasteiger partial charge in [-0.1, -0.05) is 23.7 Å². The molecule has 25 heavy (non-hydrogen) atoms. The fourth-order valence-corrected chi connectivity index (χ4v) is 2.65. The third kappa shape index (κ3) is 5.31.